The van der Waals surface area contributed by atoms with Gasteiger partial charge in [0.15, 0.2) is 0 Å². The van der Waals surface area contributed by atoms with E-state index >= 15 is 0 Å². The van der Waals surface area contributed by atoms with Gasteiger partial charge >= 0.3 is 5.97 Å². The number of anilines is 2. The van der Waals surface area contributed by atoms with Gasteiger partial charge in [-0.25, -0.2) is 0 Å². The van der Waals surface area contributed by atoms with Crippen LogP contribution in [0.15, 0.2) is 36.0 Å². The maximum Gasteiger partial charge on any atom is 0.325 e. The van der Waals surface area contributed by atoms with Gasteiger partial charge in [0, 0.05) is 24.5 Å². The van der Waals surface area contributed by atoms with E-state index in [1.54, 1.807) is 30.3 Å². The number of hydrogen-bond donors (Lipinski definition) is 4. The number of aliphatic carboxylic acids is 1. The summed E-state index contributed by atoms with van der Waals surface area (Å²) in [5.41, 5.74) is 0.940. The zero-order valence-electron chi connectivity index (χ0n) is 12.6. The van der Waals surface area contributed by atoms with Gasteiger partial charge in [0.05, 0.1) is 0 Å². The predicted molar refractivity (Wildman–Crippen MR) is 83.3 cm³/mol. The fourth-order valence-electron chi connectivity index (χ4n) is 1.49. The minimum atomic E-state index is -1.20. The maximum atomic E-state index is 11.7. The Kier molecular flexibility index (Phi) is 6.30. The molecule has 1 atom stereocenters. The van der Waals surface area contributed by atoms with Gasteiger partial charge in [0.1, 0.15) is 17.7 Å². The van der Waals surface area contributed by atoms with Crippen molar-refractivity contribution in [1.29, 1.82) is 5.26 Å². The highest BCUT2D eigenvalue weighted by molar-refractivity contribution is 5.99. The maximum absolute atomic E-state index is 11.7. The number of amides is 2. The van der Waals surface area contributed by atoms with Crippen molar-refractivity contribution >= 4 is 29.2 Å². The average molecular weight is 316 g/mol. The summed E-state index contributed by atoms with van der Waals surface area (Å²) in [6.45, 7) is 2.69. The van der Waals surface area contributed by atoms with Crippen LogP contribution in [0.25, 0.3) is 0 Å². The predicted octanol–water partition coefficient (Wildman–Crippen LogP) is 1.05. The highest BCUT2D eigenvalue weighted by Gasteiger charge is 2.16. The Bertz CT molecular complexity index is 674. The number of hydrogen-bond acceptors (Lipinski definition) is 5. The lowest BCUT2D eigenvalue weighted by molar-refractivity contribution is -0.140. The largest absolute Gasteiger partial charge is 0.480 e. The number of carboxylic acid groups (broad SMARTS) is 1. The second kappa shape index (κ2) is 8.19. The van der Waals surface area contributed by atoms with Crippen LogP contribution in [-0.4, -0.2) is 28.9 Å². The fourth-order valence-corrected chi connectivity index (χ4v) is 1.49. The molecule has 120 valence electrons. The van der Waals surface area contributed by atoms with Crippen LogP contribution < -0.4 is 16.0 Å². The number of carbonyl (C=O) groups excluding carboxylic acids is 2. The van der Waals surface area contributed by atoms with Gasteiger partial charge in [-0.15, -0.1) is 0 Å². The molecule has 0 aliphatic carbocycles. The first kappa shape index (κ1) is 17.7. The first-order chi connectivity index (χ1) is 10.8. The summed E-state index contributed by atoms with van der Waals surface area (Å²) in [5, 5.41) is 25.2. The molecule has 0 aliphatic rings. The highest BCUT2D eigenvalue weighted by atomic mass is 16.4. The monoisotopic (exact) mass is 316 g/mol. The molecule has 0 bridgehead atoms. The molecular weight excluding hydrogens is 300 g/mol. The van der Waals surface area contributed by atoms with E-state index in [9.17, 15) is 14.4 Å². The number of nitriles is 1. The Morgan fingerprint density at radius 2 is 1.78 bits per heavy atom. The van der Waals surface area contributed by atoms with Crippen molar-refractivity contribution in [1.82, 2.24) is 5.32 Å². The SMILES string of the molecule is CC(=O)Nc1ccc(N/C=C(/C#N)C(=O)NC(C)C(=O)O)cc1. The number of nitrogens with zero attached hydrogens (tertiary/aromatic N) is 1. The van der Waals surface area contributed by atoms with Crippen molar-refractivity contribution in [3.05, 3.63) is 36.0 Å². The summed E-state index contributed by atoms with van der Waals surface area (Å²) >= 11 is 0. The van der Waals surface area contributed by atoms with E-state index < -0.39 is 17.9 Å². The summed E-state index contributed by atoms with van der Waals surface area (Å²) in [4.78, 5) is 33.3. The number of carbonyl (C=O) groups is 3. The molecule has 2 amide bonds. The Balaban J connectivity index is 2.73. The van der Waals surface area contributed by atoms with Crippen molar-refractivity contribution in [3.63, 3.8) is 0 Å². The van der Waals surface area contributed by atoms with Crippen LogP contribution in [0.1, 0.15) is 13.8 Å². The standard InChI is InChI=1S/C15H16N4O4/c1-9(15(22)23)18-14(21)11(7-16)8-17-12-3-5-13(6-4-12)19-10(2)20/h3-6,8-9,17H,1-2H3,(H,18,21)(H,19,20)(H,22,23)/b11-8-. The lowest BCUT2D eigenvalue weighted by atomic mass is 10.2. The van der Waals surface area contributed by atoms with Crippen LogP contribution in [0.4, 0.5) is 11.4 Å². The van der Waals surface area contributed by atoms with Crippen LogP contribution >= 0.6 is 0 Å². The molecule has 1 aromatic carbocycles. The Morgan fingerprint density at radius 1 is 1.22 bits per heavy atom. The van der Waals surface area contributed by atoms with Crippen LogP contribution in [-0.2, 0) is 14.4 Å². The third kappa shape index (κ3) is 5.89. The molecular formula is C15H16N4O4. The second-order valence-electron chi connectivity index (χ2n) is 4.61. The summed E-state index contributed by atoms with van der Waals surface area (Å²) in [5.74, 6) is -2.18. The lowest BCUT2D eigenvalue weighted by Gasteiger charge is -2.09. The molecule has 0 saturated heterocycles. The molecule has 0 aliphatic heterocycles. The van der Waals surface area contributed by atoms with Crippen LogP contribution in [0.3, 0.4) is 0 Å². The van der Waals surface area contributed by atoms with Gasteiger partial charge in [-0.3, -0.25) is 14.4 Å². The molecule has 0 aromatic heterocycles. The van der Waals surface area contributed by atoms with Gasteiger partial charge in [0.25, 0.3) is 5.91 Å². The minimum absolute atomic E-state index is 0.193. The molecule has 0 fully saturated rings. The van der Waals surface area contributed by atoms with E-state index in [0.29, 0.717) is 11.4 Å². The van der Waals surface area contributed by atoms with Crippen LogP contribution in [0, 0.1) is 11.3 Å². The van der Waals surface area contributed by atoms with E-state index in [4.69, 9.17) is 10.4 Å². The summed E-state index contributed by atoms with van der Waals surface area (Å²) in [6, 6.07) is 7.18. The molecule has 23 heavy (non-hydrogen) atoms. The smallest absolute Gasteiger partial charge is 0.325 e. The quantitative estimate of drug-likeness (QED) is 0.458. The van der Waals surface area contributed by atoms with Crippen molar-refractivity contribution in [2.75, 3.05) is 10.6 Å². The first-order valence-electron chi connectivity index (χ1n) is 6.61. The van der Waals surface area contributed by atoms with Gasteiger partial charge in [0.2, 0.25) is 5.91 Å². The summed E-state index contributed by atoms with van der Waals surface area (Å²) in [6.07, 6.45) is 1.18. The Morgan fingerprint density at radius 3 is 2.26 bits per heavy atom. The van der Waals surface area contributed by atoms with E-state index in [1.165, 1.54) is 20.0 Å². The Hall–Kier alpha value is -3.34. The second-order valence-corrected chi connectivity index (χ2v) is 4.61. The zero-order valence-corrected chi connectivity index (χ0v) is 12.6. The van der Waals surface area contributed by atoms with E-state index in [1.807, 2.05) is 0 Å². The molecule has 8 heteroatoms. The van der Waals surface area contributed by atoms with Crippen molar-refractivity contribution < 1.29 is 19.5 Å². The van der Waals surface area contributed by atoms with E-state index in [-0.39, 0.29) is 11.5 Å². The summed E-state index contributed by atoms with van der Waals surface area (Å²) in [7, 11) is 0. The molecule has 1 unspecified atom stereocenters. The molecule has 4 N–H and O–H groups in total. The average Bonchev–Trinajstić information content (AvgIpc) is 2.48. The van der Waals surface area contributed by atoms with E-state index in [0.717, 1.165) is 0 Å². The normalized spacial score (nSPS) is 11.8. The van der Waals surface area contributed by atoms with Crippen LogP contribution in [0.2, 0.25) is 0 Å². The van der Waals surface area contributed by atoms with Crippen molar-refractivity contribution in [3.8, 4) is 6.07 Å². The van der Waals surface area contributed by atoms with Gasteiger partial charge in [-0.05, 0) is 31.2 Å². The third-order valence-corrected chi connectivity index (χ3v) is 2.67. The molecule has 1 rings (SSSR count). The third-order valence-electron chi connectivity index (χ3n) is 2.67. The molecule has 0 saturated carbocycles. The molecule has 0 spiro atoms. The van der Waals surface area contributed by atoms with Gasteiger partial charge < -0.3 is 21.1 Å². The first-order valence-corrected chi connectivity index (χ1v) is 6.61. The Labute approximate surface area is 132 Å². The van der Waals surface area contributed by atoms with Gasteiger partial charge in [-0.2, -0.15) is 5.26 Å². The van der Waals surface area contributed by atoms with Gasteiger partial charge in [-0.1, -0.05) is 0 Å². The highest BCUT2D eigenvalue weighted by Crippen LogP contribution is 2.13. The zero-order chi connectivity index (χ0) is 17.4. The number of rotatable bonds is 6. The van der Waals surface area contributed by atoms with Crippen molar-refractivity contribution in [2.24, 2.45) is 0 Å². The lowest BCUT2D eigenvalue weighted by Crippen LogP contribution is -2.39. The van der Waals surface area contributed by atoms with E-state index in [2.05, 4.69) is 16.0 Å². The topological polar surface area (TPSA) is 131 Å². The molecule has 1 aromatic rings. The van der Waals surface area contributed by atoms with Crippen molar-refractivity contribution in [2.45, 2.75) is 19.9 Å². The molecule has 0 radical (unpaired) electrons. The number of carboxylic acids is 1. The number of nitrogens with one attached hydrogen (secondary N) is 3. The van der Waals surface area contributed by atoms with Crippen LogP contribution in [0.5, 0.6) is 0 Å². The number of benzene rings is 1. The minimum Gasteiger partial charge on any atom is -0.480 e. The molecule has 8 nitrogen and oxygen atoms in total. The fraction of sp³-hybridized carbons (Fsp3) is 0.200. The summed E-state index contributed by atoms with van der Waals surface area (Å²) < 4.78 is 0. The molecule has 0 heterocycles.